The number of nitro groups is 1. The first-order valence-corrected chi connectivity index (χ1v) is 6.47. The van der Waals surface area contributed by atoms with Crippen molar-refractivity contribution in [2.24, 2.45) is 0 Å². The van der Waals surface area contributed by atoms with Crippen LogP contribution in [0.25, 0.3) is 0 Å². The average molecular weight is 289 g/mol. The van der Waals surface area contributed by atoms with Gasteiger partial charge in [-0.1, -0.05) is 25.4 Å². The van der Waals surface area contributed by atoms with Crippen LogP contribution in [0.1, 0.15) is 39.7 Å². The summed E-state index contributed by atoms with van der Waals surface area (Å²) in [6.45, 7) is 5.58. The van der Waals surface area contributed by atoms with E-state index in [0.29, 0.717) is 0 Å². The number of hydrogen-bond donors (Lipinski definition) is 1. The number of halogens is 1. The molecule has 0 bridgehead atoms. The van der Waals surface area contributed by atoms with E-state index in [1.807, 2.05) is 13.8 Å². The largest absolute Gasteiger partial charge is 0.408 e. The zero-order valence-corrected chi connectivity index (χ0v) is 11.8. The van der Waals surface area contributed by atoms with Crippen LogP contribution in [0.3, 0.4) is 0 Å². The van der Waals surface area contributed by atoms with Gasteiger partial charge in [-0.25, -0.2) is 0 Å². The Bertz CT molecular complexity index is 471. The SMILES string of the molecule is CCC(CC)NC(=O)C(C)n1cc(Cl)c([N+](=O)[O-])n1. The molecule has 0 aliphatic carbocycles. The van der Waals surface area contributed by atoms with Crippen LogP contribution in [0.5, 0.6) is 0 Å². The summed E-state index contributed by atoms with van der Waals surface area (Å²) in [6, 6.07) is -0.553. The van der Waals surface area contributed by atoms with E-state index in [-0.39, 0.29) is 17.0 Å². The molecule has 7 nitrogen and oxygen atoms in total. The van der Waals surface area contributed by atoms with E-state index < -0.39 is 16.8 Å². The number of nitrogens with zero attached hydrogens (tertiary/aromatic N) is 3. The van der Waals surface area contributed by atoms with Crippen molar-refractivity contribution in [2.75, 3.05) is 0 Å². The standard InChI is InChI=1S/C11H17ClN4O3/c1-4-8(5-2)13-11(17)7(3)15-6-9(12)10(14-15)16(18)19/h6-8H,4-5H2,1-3H3,(H,13,17). The highest BCUT2D eigenvalue weighted by Crippen LogP contribution is 2.23. The Morgan fingerprint density at radius 3 is 2.58 bits per heavy atom. The van der Waals surface area contributed by atoms with Crippen LogP contribution >= 0.6 is 11.6 Å². The van der Waals surface area contributed by atoms with Crippen LogP contribution < -0.4 is 5.32 Å². The maximum Gasteiger partial charge on any atom is 0.408 e. The molecule has 0 aromatic carbocycles. The molecule has 0 saturated heterocycles. The number of nitrogens with one attached hydrogen (secondary N) is 1. The highest BCUT2D eigenvalue weighted by Gasteiger charge is 2.26. The summed E-state index contributed by atoms with van der Waals surface area (Å²) < 4.78 is 1.21. The van der Waals surface area contributed by atoms with Gasteiger partial charge in [0.1, 0.15) is 6.04 Å². The first-order valence-electron chi connectivity index (χ1n) is 6.10. The van der Waals surface area contributed by atoms with Crippen LogP contribution in [0, 0.1) is 10.1 Å². The summed E-state index contributed by atoms with van der Waals surface area (Å²) in [5.41, 5.74) is 0. The summed E-state index contributed by atoms with van der Waals surface area (Å²) in [6.07, 6.45) is 2.95. The van der Waals surface area contributed by atoms with E-state index in [0.717, 1.165) is 12.8 Å². The van der Waals surface area contributed by atoms with Crippen molar-refractivity contribution in [3.8, 4) is 0 Å². The van der Waals surface area contributed by atoms with Gasteiger partial charge in [0.15, 0.2) is 5.02 Å². The Hall–Kier alpha value is -1.63. The monoisotopic (exact) mass is 288 g/mol. The third-order valence-corrected chi connectivity index (χ3v) is 3.22. The van der Waals surface area contributed by atoms with Gasteiger partial charge in [0.25, 0.3) is 0 Å². The van der Waals surface area contributed by atoms with Crippen molar-refractivity contribution in [2.45, 2.75) is 45.7 Å². The van der Waals surface area contributed by atoms with E-state index in [1.54, 1.807) is 6.92 Å². The average Bonchev–Trinajstić information content (AvgIpc) is 2.76. The van der Waals surface area contributed by atoms with Crippen LogP contribution in [0.15, 0.2) is 6.20 Å². The Morgan fingerprint density at radius 1 is 1.58 bits per heavy atom. The fourth-order valence-corrected chi connectivity index (χ4v) is 1.82. The third-order valence-electron chi connectivity index (χ3n) is 2.95. The predicted molar refractivity (Wildman–Crippen MR) is 71.1 cm³/mol. The van der Waals surface area contributed by atoms with Gasteiger partial charge in [-0.05, 0) is 24.7 Å². The molecule has 106 valence electrons. The van der Waals surface area contributed by atoms with Crippen molar-refractivity contribution < 1.29 is 9.72 Å². The minimum absolute atomic E-state index is 0.0767. The molecule has 1 N–H and O–H groups in total. The molecular weight excluding hydrogens is 272 g/mol. The summed E-state index contributed by atoms with van der Waals surface area (Å²) in [5.74, 6) is -0.674. The molecule has 1 unspecified atom stereocenters. The van der Waals surface area contributed by atoms with Gasteiger partial charge in [0.05, 0.1) is 11.3 Å². The normalized spacial score (nSPS) is 12.5. The number of amides is 1. The van der Waals surface area contributed by atoms with E-state index in [2.05, 4.69) is 10.4 Å². The summed E-state index contributed by atoms with van der Waals surface area (Å²) in [5, 5.41) is 17.1. The molecule has 0 fully saturated rings. The second-order valence-electron chi connectivity index (χ2n) is 4.24. The highest BCUT2D eigenvalue weighted by atomic mass is 35.5. The van der Waals surface area contributed by atoms with Crippen molar-refractivity contribution in [3.05, 3.63) is 21.3 Å². The second kappa shape index (κ2) is 6.51. The van der Waals surface area contributed by atoms with E-state index in [9.17, 15) is 14.9 Å². The topological polar surface area (TPSA) is 90.1 Å². The molecule has 8 heteroatoms. The molecule has 19 heavy (non-hydrogen) atoms. The third kappa shape index (κ3) is 3.66. The lowest BCUT2D eigenvalue weighted by Crippen LogP contribution is -2.38. The van der Waals surface area contributed by atoms with Crippen molar-refractivity contribution >= 4 is 23.3 Å². The van der Waals surface area contributed by atoms with E-state index in [4.69, 9.17) is 11.6 Å². The maximum absolute atomic E-state index is 12.0. The zero-order valence-electron chi connectivity index (χ0n) is 11.1. The molecular formula is C11H17ClN4O3. The minimum Gasteiger partial charge on any atom is -0.358 e. The van der Waals surface area contributed by atoms with Gasteiger partial charge in [-0.15, -0.1) is 0 Å². The fourth-order valence-electron chi connectivity index (χ4n) is 1.62. The van der Waals surface area contributed by atoms with Crippen molar-refractivity contribution in [1.82, 2.24) is 15.1 Å². The molecule has 1 rings (SSSR count). The number of carbonyl (C=O) groups is 1. The Labute approximate surface area is 116 Å². The van der Waals surface area contributed by atoms with Crippen LogP contribution in [0.2, 0.25) is 5.02 Å². The van der Waals surface area contributed by atoms with E-state index in [1.165, 1.54) is 10.9 Å². The number of carbonyl (C=O) groups excluding carboxylic acids is 1. The maximum atomic E-state index is 12.0. The Balaban J connectivity index is 2.82. The number of hydrogen-bond acceptors (Lipinski definition) is 4. The molecule has 0 spiro atoms. The smallest absolute Gasteiger partial charge is 0.358 e. The van der Waals surface area contributed by atoms with Gasteiger partial charge in [-0.3, -0.25) is 4.79 Å². The van der Waals surface area contributed by atoms with Gasteiger partial charge in [0, 0.05) is 6.04 Å². The minimum atomic E-state index is -0.676. The molecule has 0 aliphatic rings. The molecule has 0 radical (unpaired) electrons. The van der Waals surface area contributed by atoms with Gasteiger partial charge in [0.2, 0.25) is 5.91 Å². The fraction of sp³-hybridized carbons (Fsp3) is 0.636. The predicted octanol–water partition coefficient (Wildman–Crippen LogP) is 2.31. The van der Waals surface area contributed by atoms with Gasteiger partial charge < -0.3 is 15.4 Å². The Morgan fingerprint density at radius 2 is 2.16 bits per heavy atom. The van der Waals surface area contributed by atoms with Crippen LogP contribution in [-0.2, 0) is 4.79 Å². The number of aromatic nitrogens is 2. The first-order chi connectivity index (χ1) is 8.90. The molecule has 1 atom stereocenters. The lowest BCUT2D eigenvalue weighted by Gasteiger charge is -2.17. The van der Waals surface area contributed by atoms with Crippen molar-refractivity contribution in [1.29, 1.82) is 0 Å². The molecule has 1 amide bonds. The van der Waals surface area contributed by atoms with Crippen LogP contribution in [-0.4, -0.2) is 26.7 Å². The summed E-state index contributed by atoms with van der Waals surface area (Å²) in [4.78, 5) is 21.9. The highest BCUT2D eigenvalue weighted by molar-refractivity contribution is 6.32. The summed E-state index contributed by atoms with van der Waals surface area (Å²) in [7, 11) is 0. The molecule has 1 heterocycles. The zero-order chi connectivity index (χ0) is 14.6. The molecule has 1 aromatic rings. The number of rotatable bonds is 6. The second-order valence-corrected chi connectivity index (χ2v) is 4.64. The van der Waals surface area contributed by atoms with Gasteiger partial charge in [-0.2, -0.15) is 4.68 Å². The quantitative estimate of drug-likeness (QED) is 0.642. The molecule has 0 aliphatic heterocycles. The lowest BCUT2D eigenvalue weighted by atomic mass is 10.1. The summed E-state index contributed by atoms with van der Waals surface area (Å²) >= 11 is 5.69. The first kappa shape index (κ1) is 15.4. The van der Waals surface area contributed by atoms with E-state index >= 15 is 0 Å². The van der Waals surface area contributed by atoms with Crippen molar-refractivity contribution in [3.63, 3.8) is 0 Å². The molecule has 0 saturated carbocycles. The lowest BCUT2D eigenvalue weighted by molar-refractivity contribution is -0.389. The molecule has 1 aromatic heterocycles. The van der Waals surface area contributed by atoms with Gasteiger partial charge >= 0.3 is 5.82 Å². The Kier molecular flexibility index (Phi) is 5.29. The van der Waals surface area contributed by atoms with Crippen LogP contribution in [0.4, 0.5) is 5.82 Å².